The van der Waals surface area contributed by atoms with Gasteiger partial charge in [0.25, 0.3) is 0 Å². The van der Waals surface area contributed by atoms with Crippen molar-refractivity contribution >= 4 is 40.6 Å². The Bertz CT molecular complexity index is 560. The molecule has 1 aromatic carbocycles. The maximum atomic E-state index is 6.14. The zero-order chi connectivity index (χ0) is 13.1. The van der Waals surface area contributed by atoms with Crippen molar-refractivity contribution in [1.82, 2.24) is 9.97 Å². The molecule has 18 heavy (non-hydrogen) atoms. The minimum absolute atomic E-state index is 0.0254. The van der Waals surface area contributed by atoms with E-state index in [0.717, 1.165) is 5.56 Å². The van der Waals surface area contributed by atoms with Crippen molar-refractivity contribution in [3.05, 3.63) is 51.4 Å². The lowest BCUT2D eigenvalue weighted by atomic mass is 10.1. The average molecular weight is 303 g/mol. The van der Waals surface area contributed by atoms with E-state index < -0.39 is 0 Å². The molecule has 0 aliphatic heterocycles. The summed E-state index contributed by atoms with van der Waals surface area (Å²) in [6.45, 7) is 1.97. The van der Waals surface area contributed by atoms with E-state index >= 15 is 0 Å². The van der Waals surface area contributed by atoms with Crippen LogP contribution in [0.25, 0.3) is 0 Å². The minimum atomic E-state index is -0.0254. The Morgan fingerprint density at radius 2 is 1.94 bits per heavy atom. The SMILES string of the molecule is C[C@H](Nc1cncc(Cl)n1)c1ccc(Cl)cc1Cl. The van der Waals surface area contributed by atoms with Gasteiger partial charge in [-0.05, 0) is 24.6 Å². The number of aromatic nitrogens is 2. The molecule has 0 fully saturated rings. The highest BCUT2D eigenvalue weighted by Crippen LogP contribution is 2.28. The van der Waals surface area contributed by atoms with Gasteiger partial charge < -0.3 is 5.32 Å². The molecular formula is C12H10Cl3N3. The molecule has 3 nitrogen and oxygen atoms in total. The van der Waals surface area contributed by atoms with Crippen LogP contribution in [0.1, 0.15) is 18.5 Å². The van der Waals surface area contributed by atoms with Crippen LogP contribution in [-0.2, 0) is 0 Å². The third-order valence-corrected chi connectivity index (χ3v) is 3.14. The van der Waals surface area contributed by atoms with Crippen molar-refractivity contribution in [1.29, 1.82) is 0 Å². The van der Waals surface area contributed by atoms with E-state index in [4.69, 9.17) is 34.8 Å². The third-order valence-electron chi connectivity index (χ3n) is 2.40. The first-order valence-electron chi connectivity index (χ1n) is 5.25. The first-order valence-corrected chi connectivity index (χ1v) is 6.38. The van der Waals surface area contributed by atoms with Crippen LogP contribution < -0.4 is 5.32 Å². The Hall–Kier alpha value is -1.03. The predicted octanol–water partition coefficient (Wildman–Crippen LogP) is 4.61. The molecule has 0 radical (unpaired) electrons. The zero-order valence-electron chi connectivity index (χ0n) is 9.49. The van der Waals surface area contributed by atoms with Gasteiger partial charge in [-0.25, -0.2) is 4.98 Å². The first-order chi connectivity index (χ1) is 8.56. The summed E-state index contributed by atoms with van der Waals surface area (Å²) in [5.74, 6) is 0.598. The lowest BCUT2D eigenvalue weighted by Crippen LogP contribution is -2.08. The van der Waals surface area contributed by atoms with Gasteiger partial charge >= 0.3 is 0 Å². The highest BCUT2D eigenvalue weighted by Gasteiger charge is 2.10. The fourth-order valence-electron chi connectivity index (χ4n) is 1.56. The van der Waals surface area contributed by atoms with Crippen LogP contribution in [0, 0.1) is 0 Å². The lowest BCUT2D eigenvalue weighted by molar-refractivity contribution is 0.872. The Morgan fingerprint density at radius 3 is 2.61 bits per heavy atom. The van der Waals surface area contributed by atoms with E-state index in [1.807, 2.05) is 13.0 Å². The second-order valence-corrected chi connectivity index (χ2v) is 4.99. The van der Waals surface area contributed by atoms with Crippen molar-refractivity contribution in [2.45, 2.75) is 13.0 Å². The number of nitrogens with one attached hydrogen (secondary N) is 1. The fraction of sp³-hybridized carbons (Fsp3) is 0.167. The van der Waals surface area contributed by atoms with Crippen molar-refractivity contribution in [3.8, 4) is 0 Å². The van der Waals surface area contributed by atoms with Crippen LogP contribution in [-0.4, -0.2) is 9.97 Å². The molecule has 1 aromatic heterocycles. The summed E-state index contributed by atoms with van der Waals surface area (Å²) in [4.78, 5) is 8.07. The van der Waals surface area contributed by atoms with E-state index in [2.05, 4.69) is 15.3 Å². The van der Waals surface area contributed by atoms with Gasteiger partial charge in [0.2, 0.25) is 0 Å². The highest BCUT2D eigenvalue weighted by atomic mass is 35.5. The number of hydrogen-bond acceptors (Lipinski definition) is 3. The van der Waals surface area contributed by atoms with Gasteiger partial charge in [-0.15, -0.1) is 0 Å². The molecule has 0 saturated carbocycles. The second-order valence-electron chi connectivity index (χ2n) is 3.76. The van der Waals surface area contributed by atoms with Crippen LogP contribution in [0.3, 0.4) is 0 Å². The Labute approximate surface area is 120 Å². The number of halogens is 3. The molecule has 2 aromatic rings. The topological polar surface area (TPSA) is 37.8 Å². The van der Waals surface area contributed by atoms with E-state index in [1.54, 1.807) is 18.3 Å². The van der Waals surface area contributed by atoms with Gasteiger partial charge in [-0.3, -0.25) is 4.98 Å². The largest absolute Gasteiger partial charge is 0.362 e. The van der Waals surface area contributed by atoms with Crippen LogP contribution in [0.2, 0.25) is 15.2 Å². The predicted molar refractivity (Wildman–Crippen MR) is 75.5 cm³/mol. The van der Waals surface area contributed by atoms with Crippen LogP contribution in [0.5, 0.6) is 0 Å². The molecule has 0 aliphatic rings. The summed E-state index contributed by atoms with van der Waals surface area (Å²) in [7, 11) is 0. The monoisotopic (exact) mass is 301 g/mol. The van der Waals surface area contributed by atoms with Crippen molar-refractivity contribution < 1.29 is 0 Å². The molecule has 2 rings (SSSR count). The first kappa shape index (κ1) is 13.4. The summed E-state index contributed by atoms with van der Waals surface area (Å²) in [5, 5.41) is 4.73. The average Bonchev–Trinajstić information content (AvgIpc) is 2.28. The molecule has 6 heteroatoms. The molecular weight excluding hydrogens is 293 g/mol. The van der Waals surface area contributed by atoms with E-state index in [1.165, 1.54) is 6.20 Å². The summed E-state index contributed by atoms with van der Waals surface area (Å²) < 4.78 is 0. The highest BCUT2D eigenvalue weighted by molar-refractivity contribution is 6.35. The van der Waals surface area contributed by atoms with Crippen LogP contribution >= 0.6 is 34.8 Å². The van der Waals surface area contributed by atoms with Crippen LogP contribution in [0.4, 0.5) is 5.82 Å². The smallest absolute Gasteiger partial charge is 0.149 e. The van der Waals surface area contributed by atoms with Gasteiger partial charge in [0.05, 0.1) is 18.4 Å². The summed E-state index contributed by atoms with van der Waals surface area (Å²) in [5.41, 5.74) is 0.933. The maximum absolute atomic E-state index is 6.14. The second kappa shape index (κ2) is 5.74. The van der Waals surface area contributed by atoms with Gasteiger partial charge in [0, 0.05) is 10.0 Å². The summed E-state index contributed by atoms with van der Waals surface area (Å²) in [6, 6.07) is 5.35. The number of anilines is 1. The number of benzene rings is 1. The maximum Gasteiger partial charge on any atom is 0.149 e. The quantitative estimate of drug-likeness (QED) is 0.899. The molecule has 0 bridgehead atoms. The number of nitrogens with zero attached hydrogens (tertiary/aromatic N) is 2. The van der Waals surface area contributed by atoms with Crippen molar-refractivity contribution in [2.75, 3.05) is 5.32 Å². The third kappa shape index (κ3) is 3.25. The normalized spacial score (nSPS) is 12.2. The van der Waals surface area contributed by atoms with Gasteiger partial charge in [0.15, 0.2) is 0 Å². The molecule has 1 atom stereocenters. The standard InChI is InChI=1S/C12H10Cl3N3/c1-7(9-3-2-8(13)4-10(9)14)17-12-6-16-5-11(15)18-12/h2-7H,1H3,(H,17,18)/t7-/m0/s1. The Balaban J connectivity index is 2.19. The molecule has 0 spiro atoms. The fourth-order valence-corrected chi connectivity index (χ4v) is 2.28. The number of hydrogen-bond donors (Lipinski definition) is 1. The molecule has 0 saturated heterocycles. The summed E-state index contributed by atoms with van der Waals surface area (Å²) >= 11 is 17.8. The molecule has 94 valence electrons. The number of rotatable bonds is 3. The van der Waals surface area contributed by atoms with Crippen LogP contribution in [0.15, 0.2) is 30.6 Å². The molecule has 1 N–H and O–H groups in total. The molecule has 0 amide bonds. The lowest BCUT2D eigenvalue weighted by Gasteiger charge is -2.16. The van der Waals surface area contributed by atoms with E-state index in [-0.39, 0.29) is 6.04 Å². The Kier molecular flexibility index (Phi) is 4.27. The van der Waals surface area contributed by atoms with Gasteiger partial charge in [-0.2, -0.15) is 0 Å². The molecule has 0 aliphatic carbocycles. The minimum Gasteiger partial charge on any atom is -0.362 e. The van der Waals surface area contributed by atoms with Crippen molar-refractivity contribution in [2.24, 2.45) is 0 Å². The molecule has 1 heterocycles. The molecule has 0 unspecified atom stereocenters. The summed E-state index contributed by atoms with van der Waals surface area (Å²) in [6.07, 6.45) is 3.08. The van der Waals surface area contributed by atoms with Gasteiger partial charge in [0.1, 0.15) is 11.0 Å². The zero-order valence-corrected chi connectivity index (χ0v) is 11.8. The van der Waals surface area contributed by atoms with E-state index in [0.29, 0.717) is 21.0 Å². The Morgan fingerprint density at radius 1 is 1.17 bits per heavy atom. The van der Waals surface area contributed by atoms with Crippen molar-refractivity contribution in [3.63, 3.8) is 0 Å². The van der Waals surface area contributed by atoms with E-state index in [9.17, 15) is 0 Å². The van der Waals surface area contributed by atoms with Gasteiger partial charge in [-0.1, -0.05) is 40.9 Å².